The number of halogens is 1. The van der Waals surface area contributed by atoms with E-state index in [-0.39, 0.29) is 18.1 Å². The van der Waals surface area contributed by atoms with Gasteiger partial charge in [0, 0.05) is 12.8 Å². The second kappa shape index (κ2) is 9.78. The molecule has 0 bridgehead atoms. The molecule has 2 amide bonds. The lowest BCUT2D eigenvalue weighted by molar-refractivity contribution is -0.132. The summed E-state index contributed by atoms with van der Waals surface area (Å²) in [4.78, 5) is 29.0. The van der Waals surface area contributed by atoms with Gasteiger partial charge < -0.3 is 9.26 Å². The number of carbonyl (C=O) groups excluding carboxylic acids is 2. The summed E-state index contributed by atoms with van der Waals surface area (Å²) < 4.78 is 24.0. The van der Waals surface area contributed by atoms with Crippen molar-refractivity contribution < 1.29 is 23.2 Å². The molecule has 2 N–H and O–H groups in total. The summed E-state index contributed by atoms with van der Waals surface area (Å²) in [6.45, 7) is 1.45. The number of hydrogen-bond donors (Lipinski definition) is 2. The van der Waals surface area contributed by atoms with E-state index in [0.717, 1.165) is 4.88 Å². The standard InChI is InChI=1S/C19H19FN4O4S/c1-12(27-14-7-3-2-6-13(14)20)19(26)23-22-16(25)9-4-10-17-21-18(24-28-17)15-8-5-11-29-15/h2-3,5-8,11-12H,4,9-10H2,1H3,(H,22,25)(H,23,26). The predicted octanol–water partition coefficient (Wildman–Crippen LogP) is 2.87. The van der Waals surface area contributed by atoms with Crippen molar-refractivity contribution in [2.45, 2.75) is 32.3 Å². The molecule has 3 aromatic rings. The van der Waals surface area contributed by atoms with Gasteiger partial charge >= 0.3 is 0 Å². The smallest absolute Gasteiger partial charge is 0.279 e. The molecule has 0 saturated heterocycles. The van der Waals surface area contributed by atoms with Crippen LogP contribution in [0.25, 0.3) is 10.7 Å². The third-order valence-electron chi connectivity index (χ3n) is 3.84. The van der Waals surface area contributed by atoms with Gasteiger partial charge in [0.1, 0.15) is 0 Å². The molecule has 3 rings (SSSR count). The lowest BCUT2D eigenvalue weighted by atomic mass is 10.2. The lowest BCUT2D eigenvalue weighted by Gasteiger charge is -2.15. The monoisotopic (exact) mass is 418 g/mol. The van der Waals surface area contributed by atoms with Crippen molar-refractivity contribution in [1.29, 1.82) is 0 Å². The van der Waals surface area contributed by atoms with Crippen molar-refractivity contribution in [1.82, 2.24) is 21.0 Å². The van der Waals surface area contributed by atoms with Crippen molar-refractivity contribution in [3.63, 3.8) is 0 Å². The number of hydrogen-bond acceptors (Lipinski definition) is 7. The van der Waals surface area contributed by atoms with Crippen LogP contribution in [-0.2, 0) is 16.0 Å². The zero-order valence-corrected chi connectivity index (χ0v) is 16.4. The molecule has 0 aliphatic rings. The summed E-state index contributed by atoms with van der Waals surface area (Å²) in [6, 6.07) is 9.55. The van der Waals surface area contributed by atoms with E-state index in [4.69, 9.17) is 9.26 Å². The van der Waals surface area contributed by atoms with Crippen LogP contribution < -0.4 is 15.6 Å². The van der Waals surface area contributed by atoms with Crippen LogP contribution in [0.1, 0.15) is 25.7 Å². The van der Waals surface area contributed by atoms with E-state index >= 15 is 0 Å². The van der Waals surface area contributed by atoms with Crippen molar-refractivity contribution in [2.24, 2.45) is 0 Å². The fraction of sp³-hybridized carbons (Fsp3) is 0.263. The van der Waals surface area contributed by atoms with Crippen molar-refractivity contribution in [3.8, 4) is 16.5 Å². The Morgan fingerprint density at radius 1 is 1.24 bits per heavy atom. The van der Waals surface area contributed by atoms with Crippen molar-refractivity contribution >= 4 is 23.2 Å². The molecule has 152 valence electrons. The molecule has 1 atom stereocenters. The second-order valence-corrected chi connectivity index (χ2v) is 7.02. The minimum atomic E-state index is -0.985. The molecule has 2 heterocycles. The summed E-state index contributed by atoms with van der Waals surface area (Å²) in [6.07, 6.45) is 0.0718. The lowest BCUT2D eigenvalue weighted by Crippen LogP contribution is -2.47. The van der Waals surface area contributed by atoms with E-state index in [9.17, 15) is 14.0 Å². The van der Waals surface area contributed by atoms with Crippen LogP contribution in [0.2, 0.25) is 0 Å². The maximum absolute atomic E-state index is 13.5. The number of benzene rings is 1. The highest BCUT2D eigenvalue weighted by Crippen LogP contribution is 2.21. The number of nitrogens with zero attached hydrogens (tertiary/aromatic N) is 2. The Kier molecular flexibility index (Phi) is 6.90. The summed E-state index contributed by atoms with van der Waals surface area (Å²) in [5.74, 6) is -0.622. The molecule has 0 aliphatic carbocycles. The summed E-state index contributed by atoms with van der Waals surface area (Å²) in [5.41, 5.74) is 4.56. The van der Waals surface area contributed by atoms with Crippen LogP contribution in [0.3, 0.4) is 0 Å². The first-order valence-corrected chi connectivity index (χ1v) is 9.77. The van der Waals surface area contributed by atoms with E-state index in [2.05, 4.69) is 21.0 Å². The molecular weight excluding hydrogens is 399 g/mol. The van der Waals surface area contributed by atoms with Gasteiger partial charge in [-0.25, -0.2) is 4.39 Å². The van der Waals surface area contributed by atoms with Crippen LogP contribution in [0.4, 0.5) is 4.39 Å². The van der Waals surface area contributed by atoms with E-state index in [0.29, 0.717) is 24.6 Å². The minimum absolute atomic E-state index is 0.0389. The fourth-order valence-electron chi connectivity index (χ4n) is 2.34. The van der Waals surface area contributed by atoms with Gasteiger partial charge in [0.05, 0.1) is 4.88 Å². The highest BCUT2D eigenvalue weighted by atomic mass is 32.1. The number of hydrazine groups is 1. The number of rotatable bonds is 8. The molecule has 10 heteroatoms. The quantitative estimate of drug-likeness (QED) is 0.545. The predicted molar refractivity (Wildman–Crippen MR) is 103 cm³/mol. The molecule has 29 heavy (non-hydrogen) atoms. The van der Waals surface area contributed by atoms with Gasteiger partial charge in [0.2, 0.25) is 17.6 Å². The highest BCUT2D eigenvalue weighted by Gasteiger charge is 2.17. The van der Waals surface area contributed by atoms with Gasteiger partial charge in [0.25, 0.3) is 5.91 Å². The molecule has 0 fully saturated rings. The zero-order chi connectivity index (χ0) is 20.6. The number of aryl methyl sites for hydroxylation is 1. The van der Waals surface area contributed by atoms with Crippen molar-refractivity contribution in [3.05, 3.63) is 53.5 Å². The second-order valence-electron chi connectivity index (χ2n) is 6.07. The average Bonchev–Trinajstić information content (AvgIpc) is 3.39. The molecular formula is C19H19FN4O4S. The third-order valence-corrected chi connectivity index (χ3v) is 4.70. The van der Waals surface area contributed by atoms with Gasteiger partial charge in [-0.1, -0.05) is 23.4 Å². The summed E-state index contributed by atoms with van der Waals surface area (Å²) >= 11 is 1.51. The van der Waals surface area contributed by atoms with Gasteiger partial charge in [-0.2, -0.15) is 4.98 Å². The van der Waals surface area contributed by atoms with Crippen molar-refractivity contribution in [2.75, 3.05) is 0 Å². The Hall–Kier alpha value is -3.27. The fourth-order valence-corrected chi connectivity index (χ4v) is 2.99. The summed E-state index contributed by atoms with van der Waals surface area (Å²) in [7, 11) is 0. The number of nitrogens with one attached hydrogen (secondary N) is 2. The van der Waals surface area contributed by atoms with Gasteiger partial charge in [0.15, 0.2) is 17.7 Å². The highest BCUT2D eigenvalue weighted by molar-refractivity contribution is 7.13. The molecule has 8 nitrogen and oxygen atoms in total. The van der Waals surface area contributed by atoms with E-state index < -0.39 is 17.8 Å². The molecule has 0 saturated carbocycles. The Labute approximate surface area is 170 Å². The normalized spacial score (nSPS) is 11.7. The Morgan fingerprint density at radius 3 is 2.83 bits per heavy atom. The van der Waals surface area contributed by atoms with Gasteiger partial charge in [-0.05, 0) is 36.9 Å². The molecule has 0 aliphatic heterocycles. The van der Waals surface area contributed by atoms with Crippen LogP contribution in [-0.4, -0.2) is 28.1 Å². The third kappa shape index (κ3) is 5.85. The van der Waals surface area contributed by atoms with E-state index in [1.165, 1.54) is 36.5 Å². The van der Waals surface area contributed by atoms with Crippen LogP contribution in [0.15, 0.2) is 46.3 Å². The van der Waals surface area contributed by atoms with Crippen LogP contribution in [0, 0.1) is 5.82 Å². The number of ether oxygens (including phenoxy) is 1. The number of thiophene rings is 1. The number of amides is 2. The SMILES string of the molecule is CC(Oc1ccccc1F)C(=O)NNC(=O)CCCc1nc(-c2cccs2)no1. The summed E-state index contributed by atoms with van der Waals surface area (Å²) in [5, 5.41) is 5.82. The van der Waals surface area contributed by atoms with Crippen LogP contribution in [0.5, 0.6) is 5.75 Å². The largest absolute Gasteiger partial charge is 0.478 e. The first-order valence-electron chi connectivity index (χ1n) is 8.89. The number of para-hydroxylation sites is 1. The Bertz CT molecular complexity index is 961. The number of aromatic nitrogens is 2. The molecule has 1 unspecified atom stereocenters. The first kappa shape index (κ1) is 20.5. The zero-order valence-electron chi connectivity index (χ0n) is 15.6. The van der Waals surface area contributed by atoms with E-state index in [1.54, 1.807) is 6.07 Å². The Balaban J connectivity index is 1.36. The minimum Gasteiger partial charge on any atom is -0.478 e. The molecule has 1 aromatic carbocycles. The molecule has 0 radical (unpaired) electrons. The Morgan fingerprint density at radius 2 is 2.07 bits per heavy atom. The van der Waals surface area contributed by atoms with Gasteiger partial charge in [-0.3, -0.25) is 20.4 Å². The molecule has 2 aromatic heterocycles. The van der Waals surface area contributed by atoms with Gasteiger partial charge in [-0.15, -0.1) is 11.3 Å². The number of carbonyl (C=O) groups is 2. The van der Waals surface area contributed by atoms with Crippen LogP contribution >= 0.6 is 11.3 Å². The maximum Gasteiger partial charge on any atom is 0.279 e. The first-order chi connectivity index (χ1) is 14.0. The van der Waals surface area contributed by atoms with E-state index in [1.807, 2.05) is 17.5 Å². The molecule has 0 spiro atoms. The maximum atomic E-state index is 13.5. The average molecular weight is 418 g/mol. The topological polar surface area (TPSA) is 106 Å².